The fourth-order valence-corrected chi connectivity index (χ4v) is 3.42. The molecular weight excluding hydrogens is 248 g/mol. The van der Waals surface area contributed by atoms with Crippen molar-refractivity contribution in [3.05, 3.63) is 29.8 Å². The molecule has 3 rings (SSSR count). The number of hydrogen-bond acceptors (Lipinski definition) is 3. The van der Waals surface area contributed by atoms with E-state index in [0.717, 1.165) is 11.7 Å². The molecule has 1 aromatic carbocycles. The Bertz CT molecular complexity index is 427. The third-order valence-corrected chi connectivity index (χ3v) is 4.69. The van der Waals surface area contributed by atoms with Crippen molar-refractivity contribution in [1.82, 2.24) is 5.43 Å². The van der Waals surface area contributed by atoms with E-state index in [1.807, 2.05) is 0 Å². The topological polar surface area (TPSA) is 47.3 Å². The van der Waals surface area contributed by atoms with Crippen molar-refractivity contribution in [1.29, 1.82) is 0 Å². The van der Waals surface area contributed by atoms with Crippen molar-refractivity contribution in [2.24, 2.45) is 17.7 Å². The van der Waals surface area contributed by atoms with E-state index in [9.17, 15) is 0 Å². The zero-order chi connectivity index (χ0) is 13.9. The molecule has 2 aliphatic rings. The fourth-order valence-electron chi connectivity index (χ4n) is 3.42. The van der Waals surface area contributed by atoms with Crippen LogP contribution in [0.2, 0.25) is 0 Å². The molecule has 2 fully saturated rings. The molecular formula is C17H26N2O. The van der Waals surface area contributed by atoms with Gasteiger partial charge in [-0.15, -0.1) is 0 Å². The first-order valence-corrected chi connectivity index (χ1v) is 7.99. The average Bonchev–Trinajstić information content (AvgIpc) is 3.26. The monoisotopic (exact) mass is 274 g/mol. The molecule has 0 aromatic heterocycles. The molecule has 0 saturated heterocycles. The van der Waals surface area contributed by atoms with Crippen molar-refractivity contribution in [2.75, 3.05) is 0 Å². The summed E-state index contributed by atoms with van der Waals surface area (Å²) >= 11 is 0. The number of nitrogens with two attached hydrogens (primary N) is 1. The summed E-state index contributed by atoms with van der Waals surface area (Å²) in [5, 5.41) is 0. The number of hydrazine groups is 1. The molecule has 20 heavy (non-hydrogen) atoms. The molecule has 0 heterocycles. The third-order valence-electron chi connectivity index (χ3n) is 4.69. The van der Waals surface area contributed by atoms with Crippen LogP contribution in [0.25, 0.3) is 0 Å². The van der Waals surface area contributed by atoms with E-state index in [0.29, 0.717) is 12.0 Å². The predicted molar refractivity (Wildman–Crippen MR) is 81.3 cm³/mol. The van der Waals surface area contributed by atoms with Crippen LogP contribution in [0, 0.1) is 11.8 Å². The molecule has 1 aromatic rings. The molecule has 3 N–H and O–H groups in total. The van der Waals surface area contributed by atoms with Crippen molar-refractivity contribution in [3.63, 3.8) is 0 Å². The van der Waals surface area contributed by atoms with Crippen LogP contribution < -0.4 is 16.0 Å². The van der Waals surface area contributed by atoms with Gasteiger partial charge < -0.3 is 4.74 Å². The zero-order valence-electron chi connectivity index (χ0n) is 12.3. The SMILES string of the molecule is CC1CCCC(C(NN)c2ccc(OC3CC3)cc2)C1. The first kappa shape index (κ1) is 13.9. The Balaban J connectivity index is 1.67. The molecule has 3 atom stereocenters. The van der Waals surface area contributed by atoms with Crippen LogP contribution in [0.5, 0.6) is 5.75 Å². The highest BCUT2D eigenvalue weighted by atomic mass is 16.5. The molecule has 2 aliphatic carbocycles. The van der Waals surface area contributed by atoms with Gasteiger partial charge in [0.25, 0.3) is 0 Å². The van der Waals surface area contributed by atoms with E-state index >= 15 is 0 Å². The first-order valence-electron chi connectivity index (χ1n) is 7.99. The highest BCUT2D eigenvalue weighted by molar-refractivity contribution is 5.30. The Labute approximate surface area is 121 Å². The van der Waals surface area contributed by atoms with Crippen molar-refractivity contribution >= 4 is 0 Å². The second-order valence-corrected chi connectivity index (χ2v) is 6.56. The van der Waals surface area contributed by atoms with Gasteiger partial charge in [-0.1, -0.05) is 31.9 Å². The number of benzene rings is 1. The van der Waals surface area contributed by atoms with E-state index in [4.69, 9.17) is 10.6 Å². The number of hydrogen-bond donors (Lipinski definition) is 2. The number of rotatable bonds is 5. The smallest absolute Gasteiger partial charge is 0.119 e. The van der Waals surface area contributed by atoms with E-state index in [1.165, 1.54) is 44.1 Å². The summed E-state index contributed by atoms with van der Waals surface area (Å²) in [6.07, 6.45) is 8.11. The predicted octanol–water partition coefficient (Wildman–Crippen LogP) is 3.56. The lowest BCUT2D eigenvalue weighted by molar-refractivity contribution is 0.224. The molecule has 3 heteroatoms. The second kappa shape index (κ2) is 6.15. The Kier molecular flexibility index (Phi) is 4.27. The third kappa shape index (κ3) is 3.33. The zero-order valence-corrected chi connectivity index (χ0v) is 12.3. The Morgan fingerprint density at radius 3 is 2.50 bits per heavy atom. The minimum Gasteiger partial charge on any atom is -0.490 e. The van der Waals surface area contributed by atoms with Gasteiger partial charge in [0.05, 0.1) is 6.10 Å². The summed E-state index contributed by atoms with van der Waals surface area (Å²) in [5.74, 6) is 8.29. The van der Waals surface area contributed by atoms with Crippen molar-refractivity contribution in [3.8, 4) is 5.75 Å². The number of nitrogens with one attached hydrogen (secondary N) is 1. The lowest BCUT2D eigenvalue weighted by atomic mass is 9.77. The quantitative estimate of drug-likeness (QED) is 0.637. The minimum absolute atomic E-state index is 0.271. The summed E-state index contributed by atoms with van der Waals surface area (Å²) in [4.78, 5) is 0. The maximum Gasteiger partial charge on any atom is 0.119 e. The molecule has 0 aliphatic heterocycles. The van der Waals surface area contributed by atoms with Gasteiger partial charge in [-0.05, 0) is 55.2 Å². The van der Waals surface area contributed by atoms with Gasteiger partial charge in [0.1, 0.15) is 5.75 Å². The summed E-state index contributed by atoms with van der Waals surface area (Å²) in [7, 11) is 0. The molecule has 3 unspecified atom stereocenters. The average molecular weight is 274 g/mol. The molecule has 110 valence electrons. The van der Waals surface area contributed by atoms with Crippen LogP contribution in [-0.4, -0.2) is 6.10 Å². The van der Waals surface area contributed by atoms with Crippen LogP contribution in [0.3, 0.4) is 0 Å². The van der Waals surface area contributed by atoms with Crippen molar-refractivity contribution in [2.45, 2.75) is 57.6 Å². The van der Waals surface area contributed by atoms with E-state index in [-0.39, 0.29) is 6.04 Å². The molecule has 0 radical (unpaired) electrons. The second-order valence-electron chi connectivity index (χ2n) is 6.56. The van der Waals surface area contributed by atoms with Crippen LogP contribution in [0.4, 0.5) is 0 Å². The maximum atomic E-state index is 5.83. The molecule has 3 nitrogen and oxygen atoms in total. The highest BCUT2D eigenvalue weighted by Crippen LogP contribution is 2.37. The van der Waals surface area contributed by atoms with Gasteiger partial charge >= 0.3 is 0 Å². The maximum absolute atomic E-state index is 5.83. The first-order chi connectivity index (χ1) is 9.76. The molecule has 2 saturated carbocycles. The van der Waals surface area contributed by atoms with Crippen LogP contribution in [-0.2, 0) is 0 Å². The fraction of sp³-hybridized carbons (Fsp3) is 0.647. The van der Waals surface area contributed by atoms with Crippen LogP contribution in [0.1, 0.15) is 57.1 Å². The molecule has 0 amide bonds. The summed E-state index contributed by atoms with van der Waals surface area (Å²) in [6.45, 7) is 2.35. The van der Waals surface area contributed by atoms with Gasteiger partial charge in [-0.25, -0.2) is 0 Å². The van der Waals surface area contributed by atoms with E-state index in [2.05, 4.69) is 36.6 Å². The summed E-state index contributed by atoms with van der Waals surface area (Å²) < 4.78 is 5.80. The van der Waals surface area contributed by atoms with Gasteiger partial charge in [0.15, 0.2) is 0 Å². The lowest BCUT2D eigenvalue weighted by Gasteiger charge is -2.33. The Hall–Kier alpha value is -1.06. The standard InChI is InChI=1S/C17H26N2O/c1-12-3-2-4-14(11-12)17(19-18)13-5-7-15(8-6-13)20-16-9-10-16/h5-8,12,14,16-17,19H,2-4,9-11,18H2,1H3. The minimum atomic E-state index is 0.271. The number of ether oxygens (including phenoxy) is 1. The van der Waals surface area contributed by atoms with Gasteiger partial charge in [0.2, 0.25) is 0 Å². The summed E-state index contributed by atoms with van der Waals surface area (Å²) in [6, 6.07) is 8.78. The van der Waals surface area contributed by atoms with E-state index in [1.54, 1.807) is 0 Å². The van der Waals surface area contributed by atoms with Crippen molar-refractivity contribution < 1.29 is 4.74 Å². The van der Waals surface area contributed by atoms with Crippen LogP contribution >= 0.6 is 0 Å². The van der Waals surface area contributed by atoms with Gasteiger partial charge in [-0.3, -0.25) is 11.3 Å². The highest BCUT2D eigenvalue weighted by Gasteiger charge is 2.27. The van der Waals surface area contributed by atoms with Crippen LogP contribution in [0.15, 0.2) is 24.3 Å². The normalized spacial score (nSPS) is 28.1. The van der Waals surface area contributed by atoms with Gasteiger partial charge in [-0.2, -0.15) is 0 Å². The molecule has 0 bridgehead atoms. The lowest BCUT2D eigenvalue weighted by Crippen LogP contribution is -2.35. The van der Waals surface area contributed by atoms with E-state index < -0.39 is 0 Å². The summed E-state index contributed by atoms with van der Waals surface area (Å²) in [5.41, 5.74) is 4.33. The largest absolute Gasteiger partial charge is 0.490 e. The molecule has 0 spiro atoms. The Morgan fingerprint density at radius 1 is 1.15 bits per heavy atom. The van der Waals surface area contributed by atoms with Gasteiger partial charge in [0, 0.05) is 6.04 Å². The Morgan fingerprint density at radius 2 is 1.90 bits per heavy atom.